The zero-order chi connectivity index (χ0) is 10.7. The molecule has 3 nitrogen and oxygen atoms in total. The molecule has 2 aromatic rings. The highest BCUT2D eigenvalue weighted by Crippen LogP contribution is 2.21. The molecule has 1 unspecified atom stereocenters. The summed E-state index contributed by atoms with van der Waals surface area (Å²) in [6.07, 6.45) is 1.58. The van der Waals surface area contributed by atoms with E-state index < -0.39 is 0 Å². The fraction of sp³-hybridized carbons (Fsp3) is 0.273. The van der Waals surface area contributed by atoms with E-state index in [9.17, 15) is 0 Å². The number of thiophene rings is 1. The van der Waals surface area contributed by atoms with E-state index in [4.69, 9.17) is 0 Å². The lowest BCUT2D eigenvalue weighted by atomic mass is 10.3. The van der Waals surface area contributed by atoms with Gasteiger partial charge in [-0.1, -0.05) is 6.07 Å². The van der Waals surface area contributed by atoms with Crippen LogP contribution < -0.4 is 5.32 Å². The van der Waals surface area contributed by atoms with Gasteiger partial charge in [-0.05, 0) is 25.3 Å². The van der Waals surface area contributed by atoms with Crippen molar-refractivity contribution in [1.82, 2.24) is 9.97 Å². The molecule has 0 radical (unpaired) electrons. The van der Waals surface area contributed by atoms with Crippen molar-refractivity contribution < 1.29 is 0 Å². The minimum absolute atomic E-state index is 0.291. The lowest BCUT2D eigenvalue weighted by molar-refractivity contribution is 0.890. The van der Waals surface area contributed by atoms with Gasteiger partial charge >= 0.3 is 0 Å². The summed E-state index contributed by atoms with van der Waals surface area (Å²) in [7, 11) is 0. The third kappa shape index (κ3) is 2.53. The van der Waals surface area contributed by atoms with E-state index in [2.05, 4.69) is 39.7 Å². The average Bonchev–Trinajstić information content (AvgIpc) is 2.70. The molecule has 0 aliphatic rings. The quantitative estimate of drug-likeness (QED) is 0.862. The van der Waals surface area contributed by atoms with E-state index in [1.807, 2.05) is 13.0 Å². The maximum absolute atomic E-state index is 4.17. The highest BCUT2D eigenvalue weighted by atomic mass is 32.1. The molecular weight excluding hydrogens is 206 g/mol. The van der Waals surface area contributed by atoms with Gasteiger partial charge in [0.15, 0.2) is 0 Å². The summed E-state index contributed by atoms with van der Waals surface area (Å²) in [5.41, 5.74) is 0.978. The minimum Gasteiger partial charge on any atom is -0.363 e. The Bertz CT molecular complexity index is 425. The lowest BCUT2D eigenvalue weighted by Crippen LogP contribution is -2.06. The molecule has 1 atom stereocenters. The molecular formula is C11H13N3S. The molecule has 0 fully saturated rings. The lowest BCUT2D eigenvalue weighted by Gasteiger charge is -2.12. The van der Waals surface area contributed by atoms with E-state index in [0.717, 1.165) is 11.5 Å². The van der Waals surface area contributed by atoms with Gasteiger partial charge in [-0.3, -0.25) is 0 Å². The van der Waals surface area contributed by atoms with Gasteiger partial charge in [-0.2, -0.15) is 0 Å². The highest BCUT2D eigenvalue weighted by molar-refractivity contribution is 7.10. The molecule has 0 saturated carbocycles. The number of anilines is 1. The predicted octanol–water partition coefficient (Wildman–Crippen LogP) is 3.02. The Kier molecular flexibility index (Phi) is 2.97. The van der Waals surface area contributed by atoms with Crippen molar-refractivity contribution in [3.8, 4) is 0 Å². The van der Waals surface area contributed by atoms with E-state index in [1.54, 1.807) is 17.7 Å². The molecule has 0 aliphatic heterocycles. The maximum Gasteiger partial charge on any atom is 0.130 e. The SMILES string of the molecule is Cc1cc(NC(C)c2cccs2)ncn1. The van der Waals surface area contributed by atoms with Crippen molar-refractivity contribution in [1.29, 1.82) is 0 Å². The van der Waals surface area contributed by atoms with E-state index in [0.29, 0.717) is 6.04 Å². The third-order valence-electron chi connectivity index (χ3n) is 2.14. The van der Waals surface area contributed by atoms with Crippen LogP contribution in [-0.4, -0.2) is 9.97 Å². The van der Waals surface area contributed by atoms with Crippen LogP contribution in [0.5, 0.6) is 0 Å². The summed E-state index contributed by atoms with van der Waals surface area (Å²) in [5.74, 6) is 0.878. The zero-order valence-corrected chi connectivity index (χ0v) is 9.58. The van der Waals surface area contributed by atoms with Gasteiger partial charge < -0.3 is 5.32 Å². The molecule has 78 valence electrons. The number of hydrogen-bond acceptors (Lipinski definition) is 4. The first kappa shape index (κ1) is 10.1. The van der Waals surface area contributed by atoms with Crippen LogP contribution in [-0.2, 0) is 0 Å². The van der Waals surface area contributed by atoms with Gasteiger partial charge in [0, 0.05) is 16.6 Å². The standard InChI is InChI=1S/C11H13N3S/c1-8-6-11(13-7-12-8)14-9(2)10-4-3-5-15-10/h3-7,9H,1-2H3,(H,12,13,14). The van der Waals surface area contributed by atoms with Crippen LogP contribution in [0.1, 0.15) is 23.5 Å². The average molecular weight is 219 g/mol. The van der Waals surface area contributed by atoms with Crippen LogP contribution in [0.3, 0.4) is 0 Å². The van der Waals surface area contributed by atoms with Crippen LogP contribution >= 0.6 is 11.3 Å². The molecule has 4 heteroatoms. The monoisotopic (exact) mass is 219 g/mol. The summed E-state index contributed by atoms with van der Waals surface area (Å²) >= 11 is 1.75. The second-order valence-corrected chi connectivity index (χ2v) is 4.41. The number of aryl methyl sites for hydroxylation is 1. The summed E-state index contributed by atoms with van der Waals surface area (Å²) in [5, 5.41) is 5.43. The summed E-state index contributed by atoms with van der Waals surface area (Å²) in [6.45, 7) is 4.09. The summed E-state index contributed by atoms with van der Waals surface area (Å²) < 4.78 is 0. The number of aromatic nitrogens is 2. The molecule has 15 heavy (non-hydrogen) atoms. The number of nitrogens with one attached hydrogen (secondary N) is 1. The van der Waals surface area contributed by atoms with Gasteiger partial charge in [0.25, 0.3) is 0 Å². The second-order valence-electron chi connectivity index (χ2n) is 3.43. The topological polar surface area (TPSA) is 37.8 Å². The van der Waals surface area contributed by atoms with Crippen LogP contribution in [0.15, 0.2) is 29.9 Å². The molecule has 1 N–H and O–H groups in total. The molecule has 0 aliphatic carbocycles. The van der Waals surface area contributed by atoms with Crippen molar-refractivity contribution in [2.75, 3.05) is 5.32 Å². The van der Waals surface area contributed by atoms with Crippen molar-refractivity contribution in [3.63, 3.8) is 0 Å². The molecule has 2 aromatic heterocycles. The fourth-order valence-corrected chi connectivity index (χ4v) is 2.10. The molecule has 0 bridgehead atoms. The summed E-state index contributed by atoms with van der Waals surface area (Å²) in [6, 6.07) is 6.42. The van der Waals surface area contributed by atoms with Gasteiger partial charge in [0.05, 0.1) is 6.04 Å². The first-order valence-electron chi connectivity index (χ1n) is 4.84. The van der Waals surface area contributed by atoms with Crippen LogP contribution in [0.4, 0.5) is 5.82 Å². The Morgan fingerprint density at radius 1 is 1.40 bits per heavy atom. The zero-order valence-electron chi connectivity index (χ0n) is 8.77. The normalized spacial score (nSPS) is 12.4. The largest absolute Gasteiger partial charge is 0.363 e. The van der Waals surface area contributed by atoms with Gasteiger partial charge in [-0.25, -0.2) is 9.97 Å². The predicted molar refractivity (Wildman–Crippen MR) is 63.1 cm³/mol. The first-order valence-corrected chi connectivity index (χ1v) is 5.72. The Balaban J connectivity index is 2.09. The number of rotatable bonds is 3. The molecule has 2 heterocycles. The number of hydrogen-bond donors (Lipinski definition) is 1. The molecule has 0 amide bonds. The van der Waals surface area contributed by atoms with E-state index in [1.165, 1.54) is 4.88 Å². The van der Waals surface area contributed by atoms with Gasteiger partial charge in [0.1, 0.15) is 12.1 Å². The molecule has 0 aromatic carbocycles. The van der Waals surface area contributed by atoms with Gasteiger partial charge in [0.2, 0.25) is 0 Å². The van der Waals surface area contributed by atoms with Crippen LogP contribution in [0, 0.1) is 6.92 Å². The Hall–Kier alpha value is -1.42. The van der Waals surface area contributed by atoms with E-state index >= 15 is 0 Å². The van der Waals surface area contributed by atoms with E-state index in [-0.39, 0.29) is 0 Å². The Labute approximate surface area is 93.2 Å². The smallest absolute Gasteiger partial charge is 0.130 e. The second kappa shape index (κ2) is 4.40. The van der Waals surface area contributed by atoms with Crippen molar-refractivity contribution in [3.05, 3.63) is 40.5 Å². The van der Waals surface area contributed by atoms with Crippen molar-refractivity contribution in [2.24, 2.45) is 0 Å². The highest BCUT2D eigenvalue weighted by Gasteiger charge is 2.06. The number of nitrogens with zero attached hydrogens (tertiary/aromatic N) is 2. The molecule has 0 spiro atoms. The Morgan fingerprint density at radius 3 is 2.93 bits per heavy atom. The first-order chi connectivity index (χ1) is 7.25. The molecule has 2 rings (SSSR count). The van der Waals surface area contributed by atoms with Crippen molar-refractivity contribution >= 4 is 17.2 Å². The van der Waals surface area contributed by atoms with Gasteiger partial charge in [-0.15, -0.1) is 11.3 Å². The van der Waals surface area contributed by atoms with Crippen molar-refractivity contribution in [2.45, 2.75) is 19.9 Å². The van der Waals surface area contributed by atoms with Crippen LogP contribution in [0.25, 0.3) is 0 Å². The fourth-order valence-electron chi connectivity index (χ4n) is 1.36. The Morgan fingerprint density at radius 2 is 2.27 bits per heavy atom. The third-order valence-corrected chi connectivity index (χ3v) is 3.19. The maximum atomic E-state index is 4.17. The molecule has 0 saturated heterocycles. The minimum atomic E-state index is 0.291. The summed E-state index contributed by atoms with van der Waals surface area (Å²) in [4.78, 5) is 9.54. The van der Waals surface area contributed by atoms with Crippen LogP contribution in [0.2, 0.25) is 0 Å².